The van der Waals surface area contributed by atoms with Gasteiger partial charge in [0.05, 0.1) is 6.10 Å². The van der Waals surface area contributed by atoms with Crippen LogP contribution in [0.25, 0.3) is 0 Å². The van der Waals surface area contributed by atoms with E-state index in [1.165, 1.54) is 38.8 Å². The first-order valence-corrected chi connectivity index (χ1v) is 8.15. The second-order valence-corrected chi connectivity index (χ2v) is 7.82. The van der Waals surface area contributed by atoms with Crippen molar-refractivity contribution in [1.29, 1.82) is 0 Å². The molecule has 1 saturated heterocycles. The summed E-state index contributed by atoms with van der Waals surface area (Å²) in [5.41, 5.74) is 0. The Morgan fingerprint density at radius 2 is 1.71 bits per heavy atom. The maximum absolute atomic E-state index is 10.2. The molecule has 1 N–H and O–H groups in total. The van der Waals surface area contributed by atoms with Crippen LogP contribution in [0, 0.1) is 5.92 Å². The standard InChI is InChI=1S/C14H27NOS/c1-11-8-15(9-12(2)17-11)10-13-6-4-3-5-7-14(13)16/h11-14,16H,3-10H2,1-2H3. The first kappa shape index (κ1) is 13.7. The van der Waals surface area contributed by atoms with Gasteiger partial charge in [0.2, 0.25) is 0 Å². The number of aliphatic hydroxyl groups is 1. The van der Waals surface area contributed by atoms with Gasteiger partial charge in [0.25, 0.3) is 0 Å². The van der Waals surface area contributed by atoms with Crippen molar-refractivity contribution in [3.8, 4) is 0 Å². The fourth-order valence-electron chi connectivity index (χ4n) is 3.34. The van der Waals surface area contributed by atoms with Crippen molar-refractivity contribution in [2.75, 3.05) is 19.6 Å². The SMILES string of the molecule is CC1CN(CC2CCCCCC2O)CC(C)S1. The largest absolute Gasteiger partial charge is 0.393 e. The number of rotatable bonds is 2. The van der Waals surface area contributed by atoms with Crippen LogP contribution in [0.4, 0.5) is 0 Å². The van der Waals surface area contributed by atoms with E-state index in [9.17, 15) is 5.11 Å². The van der Waals surface area contributed by atoms with Gasteiger partial charge in [-0.3, -0.25) is 0 Å². The summed E-state index contributed by atoms with van der Waals surface area (Å²) in [4.78, 5) is 2.59. The molecule has 0 aromatic carbocycles. The molecule has 1 saturated carbocycles. The summed E-state index contributed by atoms with van der Waals surface area (Å²) in [5, 5.41) is 11.7. The third kappa shape index (κ3) is 4.15. The van der Waals surface area contributed by atoms with Crippen LogP contribution in [0.3, 0.4) is 0 Å². The van der Waals surface area contributed by atoms with Crippen molar-refractivity contribution >= 4 is 11.8 Å². The molecule has 0 aromatic heterocycles. The van der Waals surface area contributed by atoms with Crippen molar-refractivity contribution in [3.63, 3.8) is 0 Å². The lowest BCUT2D eigenvalue weighted by molar-refractivity contribution is 0.0729. The van der Waals surface area contributed by atoms with Crippen LogP contribution in [0.2, 0.25) is 0 Å². The summed E-state index contributed by atoms with van der Waals surface area (Å²) >= 11 is 2.11. The van der Waals surface area contributed by atoms with E-state index in [1.807, 2.05) is 0 Å². The summed E-state index contributed by atoms with van der Waals surface area (Å²) in [6.45, 7) is 8.19. The number of nitrogens with zero attached hydrogens (tertiary/aromatic N) is 1. The van der Waals surface area contributed by atoms with Gasteiger partial charge in [-0.1, -0.05) is 33.1 Å². The van der Waals surface area contributed by atoms with Crippen LogP contribution in [0.1, 0.15) is 46.0 Å². The third-order valence-electron chi connectivity index (χ3n) is 4.11. The van der Waals surface area contributed by atoms with Crippen molar-refractivity contribution in [3.05, 3.63) is 0 Å². The molecule has 2 rings (SSSR count). The van der Waals surface area contributed by atoms with Crippen molar-refractivity contribution in [1.82, 2.24) is 4.90 Å². The molecule has 3 heteroatoms. The molecular formula is C14H27NOS. The zero-order valence-corrected chi connectivity index (χ0v) is 12.1. The van der Waals surface area contributed by atoms with Crippen LogP contribution in [-0.2, 0) is 0 Å². The molecule has 0 amide bonds. The van der Waals surface area contributed by atoms with Gasteiger partial charge in [-0.2, -0.15) is 11.8 Å². The second-order valence-electron chi connectivity index (χ2n) is 5.94. The molecular weight excluding hydrogens is 230 g/mol. The molecule has 0 spiro atoms. The highest BCUT2D eigenvalue weighted by Gasteiger charge is 2.28. The van der Waals surface area contributed by atoms with E-state index in [0.29, 0.717) is 5.92 Å². The van der Waals surface area contributed by atoms with Gasteiger partial charge >= 0.3 is 0 Å². The minimum Gasteiger partial charge on any atom is -0.393 e. The van der Waals surface area contributed by atoms with E-state index in [4.69, 9.17) is 0 Å². The lowest BCUT2D eigenvalue weighted by atomic mass is 9.96. The first-order valence-electron chi connectivity index (χ1n) is 7.21. The topological polar surface area (TPSA) is 23.5 Å². The van der Waals surface area contributed by atoms with Crippen LogP contribution in [0.15, 0.2) is 0 Å². The Morgan fingerprint density at radius 3 is 2.41 bits per heavy atom. The monoisotopic (exact) mass is 257 g/mol. The maximum Gasteiger partial charge on any atom is 0.0580 e. The highest BCUT2D eigenvalue weighted by molar-refractivity contribution is 8.00. The molecule has 1 aliphatic heterocycles. The predicted octanol–water partition coefficient (Wildman–Crippen LogP) is 2.75. The number of hydrogen-bond donors (Lipinski definition) is 1. The molecule has 100 valence electrons. The van der Waals surface area contributed by atoms with E-state index < -0.39 is 0 Å². The van der Waals surface area contributed by atoms with E-state index in [2.05, 4.69) is 30.5 Å². The fraction of sp³-hybridized carbons (Fsp3) is 1.00. The molecule has 0 bridgehead atoms. The van der Waals surface area contributed by atoms with Crippen LogP contribution >= 0.6 is 11.8 Å². The lowest BCUT2D eigenvalue weighted by Gasteiger charge is -2.37. The second kappa shape index (κ2) is 6.44. The molecule has 0 radical (unpaired) electrons. The molecule has 1 heterocycles. The molecule has 1 aliphatic carbocycles. The van der Waals surface area contributed by atoms with Gasteiger partial charge < -0.3 is 10.0 Å². The number of thioether (sulfide) groups is 1. The van der Waals surface area contributed by atoms with Crippen LogP contribution in [0.5, 0.6) is 0 Å². The molecule has 0 aromatic rings. The van der Waals surface area contributed by atoms with Gasteiger partial charge in [0.1, 0.15) is 0 Å². The summed E-state index contributed by atoms with van der Waals surface area (Å²) in [6.07, 6.45) is 6.07. The van der Waals surface area contributed by atoms with Crippen molar-refractivity contribution < 1.29 is 5.11 Å². The van der Waals surface area contributed by atoms with E-state index in [1.54, 1.807) is 0 Å². The number of hydrogen-bond acceptors (Lipinski definition) is 3. The Hall–Kier alpha value is 0.270. The quantitative estimate of drug-likeness (QED) is 0.770. The molecule has 4 unspecified atom stereocenters. The molecule has 17 heavy (non-hydrogen) atoms. The average molecular weight is 257 g/mol. The highest BCUT2D eigenvalue weighted by Crippen LogP contribution is 2.28. The molecule has 2 aliphatic rings. The summed E-state index contributed by atoms with van der Waals surface area (Å²) in [6, 6.07) is 0. The Labute approximate surface area is 110 Å². The Bertz CT molecular complexity index is 226. The summed E-state index contributed by atoms with van der Waals surface area (Å²) in [5.74, 6) is 0.528. The Kier molecular flexibility index (Phi) is 5.19. The van der Waals surface area contributed by atoms with Crippen molar-refractivity contribution in [2.45, 2.75) is 62.6 Å². The molecule has 2 fully saturated rings. The van der Waals surface area contributed by atoms with Gasteiger partial charge in [0.15, 0.2) is 0 Å². The molecule has 4 atom stereocenters. The van der Waals surface area contributed by atoms with E-state index in [-0.39, 0.29) is 6.10 Å². The van der Waals surface area contributed by atoms with Crippen LogP contribution < -0.4 is 0 Å². The maximum atomic E-state index is 10.2. The van der Waals surface area contributed by atoms with Gasteiger partial charge in [-0.25, -0.2) is 0 Å². The highest BCUT2D eigenvalue weighted by atomic mass is 32.2. The van der Waals surface area contributed by atoms with E-state index in [0.717, 1.165) is 23.5 Å². The average Bonchev–Trinajstić information content (AvgIpc) is 2.43. The van der Waals surface area contributed by atoms with Gasteiger partial charge in [0, 0.05) is 30.1 Å². The number of aliphatic hydroxyl groups excluding tert-OH is 1. The normalized spacial score (nSPS) is 41.1. The smallest absolute Gasteiger partial charge is 0.0580 e. The Balaban J connectivity index is 1.85. The predicted molar refractivity (Wildman–Crippen MR) is 75.5 cm³/mol. The first-order chi connectivity index (χ1) is 8.15. The fourth-order valence-corrected chi connectivity index (χ4v) is 4.73. The third-order valence-corrected chi connectivity index (χ3v) is 5.33. The zero-order chi connectivity index (χ0) is 12.3. The Morgan fingerprint density at radius 1 is 1.06 bits per heavy atom. The minimum absolute atomic E-state index is 0.0438. The summed E-state index contributed by atoms with van der Waals surface area (Å²) < 4.78 is 0. The summed E-state index contributed by atoms with van der Waals surface area (Å²) in [7, 11) is 0. The zero-order valence-electron chi connectivity index (χ0n) is 11.3. The van der Waals surface area contributed by atoms with Crippen molar-refractivity contribution in [2.24, 2.45) is 5.92 Å². The minimum atomic E-state index is -0.0438. The van der Waals surface area contributed by atoms with E-state index >= 15 is 0 Å². The van der Waals surface area contributed by atoms with Crippen LogP contribution in [-0.4, -0.2) is 46.2 Å². The van der Waals surface area contributed by atoms with Gasteiger partial charge in [-0.15, -0.1) is 0 Å². The van der Waals surface area contributed by atoms with Gasteiger partial charge in [-0.05, 0) is 18.8 Å². The molecule has 2 nitrogen and oxygen atoms in total. The lowest BCUT2D eigenvalue weighted by Crippen LogP contribution is -2.44.